The second kappa shape index (κ2) is 9.47. The Kier molecular flexibility index (Phi) is 6.64. The first-order valence-corrected chi connectivity index (χ1v) is 12.7. The minimum absolute atomic E-state index is 0.208. The topological polar surface area (TPSA) is 63.1 Å². The van der Waals surface area contributed by atoms with Crippen molar-refractivity contribution in [3.05, 3.63) is 93.1 Å². The summed E-state index contributed by atoms with van der Waals surface area (Å²) in [5.74, 6) is -2.03. The van der Waals surface area contributed by atoms with Crippen LogP contribution < -0.4 is 10.6 Å². The molecule has 1 aliphatic rings. The van der Waals surface area contributed by atoms with E-state index < -0.39 is 28.0 Å². The van der Waals surface area contributed by atoms with Crippen molar-refractivity contribution in [2.45, 2.75) is 10.3 Å². The molecule has 0 saturated heterocycles. The zero-order chi connectivity index (χ0) is 25.8. The zero-order valence-electron chi connectivity index (χ0n) is 18.7. The van der Waals surface area contributed by atoms with Gasteiger partial charge >= 0.3 is 0 Å². The highest BCUT2D eigenvalue weighted by atomic mass is 35.5. The fourth-order valence-corrected chi connectivity index (χ4v) is 5.99. The molecule has 2 atom stereocenters. The number of alkyl halides is 2. The van der Waals surface area contributed by atoms with Crippen molar-refractivity contribution in [1.29, 1.82) is 0 Å². The number of nitrogens with zero attached hydrogens (tertiary/aromatic N) is 1. The van der Waals surface area contributed by atoms with Crippen LogP contribution in [0.1, 0.15) is 21.8 Å². The number of hydrogen-bond acceptors (Lipinski definition) is 2. The Morgan fingerprint density at radius 1 is 0.917 bits per heavy atom. The van der Waals surface area contributed by atoms with Crippen LogP contribution in [-0.2, 0) is 11.8 Å². The minimum Gasteiger partial charge on any atom is -0.350 e. The monoisotopic (exact) mass is 579 g/mol. The van der Waals surface area contributed by atoms with Crippen LogP contribution in [0.4, 0.5) is 11.4 Å². The van der Waals surface area contributed by atoms with Crippen LogP contribution in [0.3, 0.4) is 0 Å². The van der Waals surface area contributed by atoms with E-state index in [4.69, 9.17) is 58.0 Å². The Balaban J connectivity index is 1.35. The van der Waals surface area contributed by atoms with Crippen LogP contribution in [0.2, 0.25) is 15.1 Å². The lowest BCUT2D eigenvalue weighted by atomic mass is 10.1. The molecule has 36 heavy (non-hydrogen) atoms. The molecule has 0 spiro atoms. The summed E-state index contributed by atoms with van der Waals surface area (Å²) < 4.78 is 0.642. The summed E-state index contributed by atoms with van der Waals surface area (Å²) in [5.41, 5.74) is 2.89. The first-order valence-electron chi connectivity index (χ1n) is 10.9. The molecule has 1 heterocycles. The number of anilines is 2. The van der Waals surface area contributed by atoms with Gasteiger partial charge in [0.25, 0.3) is 5.91 Å². The van der Waals surface area contributed by atoms with Crippen molar-refractivity contribution in [2.75, 3.05) is 10.6 Å². The van der Waals surface area contributed by atoms with Gasteiger partial charge in [-0.1, -0.05) is 40.9 Å². The van der Waals surface area contributed by atoms with Gasteiger partial charge in [0.05, 0.1) is 22.2 Å². The third-order valence-corrected chi connectivity index (χ3v) is 7.94. The van der Waals surface area contributed by atoms with E-state index >= 15 is 0 Å². The lowest BCUT2D eigenvalue weighted by molar-refractivity contribution is -0.117. The van der Waals surface area contributed by atoms with E-state index in [9.17, 15) is 9.59 Å². The number of nitrogens with one attached hydrogen (secondary N) is 2. The van der Waals surface area contributed by atoms with Gasteiger partial charge < -0.3 is 15.2 Å². The predicted molar refractivity (Wildman–Crippen MR) is 148 cm³/mol. The molecule has 4 aromatic rings. The number of benzene rings is 3. The van der Waals surface area contributed by atoms with Gasteiger partial charge in [-0.15, -0.1) is 23.2 Å². The van der Waals surface area contributed by atoms with Gasteiger partial charge in [-0.05, 0) is 60.2 Å². The third kappa shape index (κ3) is 4.67. The smallest absolute Gasteiger partial charge is 0.257 e. The van der Waals surface area contributed by atoms with Crippen molar-refractivity contribution < 1.29 is 9.59 Å². The summed E-state index contributed by atoms with van der Waals surface area (Å²) in [4.78, 5) is 26.2. The highest BCUT2D eigenvalue weighted by Crippen LogP contribution is 2.65. The lowest BCUT2D eigenvalue weighted by Crippen LogP contribution is -2.18. The third-order valence-electron chi connectivity index (χ3n) is 6.23. The molecule has 1 fully saturated rings. The van der Waals surface area contributed by atoms with Gasteiger partial charge in [0, 0.05) is 45.8 Å². The summed E-state index contributed by atoms with van der Waals surface area (Å²) in [6.07, 6.45) is 1.92. The average Bonchev–Trinajstić information content (AvgIpc) is 3.19. The Morgan fingerprint density at radius 3 is 2.36 bits per heavy atom. The van der Waals surface area contributed by atoms with Crippen molar-refractivity contribution >= 4 is 92.1 Å². The minimum atomic E-state index is -1.32. The summed E-state index contributed by atoms with van der Waals surface area (Å²) in [6.45, 7) is 0. The number of amides is 2. The van der Waals surface area contributed by atoms with Gasteiger partial charge in [-0.3, -0.25) is 9.59 Å². The number of carbonyl (C=O) groups excluding carboxylic acids is 2. The molecule has 2 unspecified atom stereocenters. The molecule has 184 valence electrons. The molecule has 3 aromatic carbocycles. The van der Waals surface area contributed by atoms with Crippen molar-refractivity contribution in [3.8, 4) is 0 Å². The van der Waals surface area contributed by atoms with E-state index in [1.165, 1.54) is 6.07 Å². The predicted octanol–water partition coefficient (Wildman–Crippen LogP) is 7.92. The molecular weight excluding hydrogens is 564 g/mol. The van der Waals surface area contributed by atoms with Gasteiger partial charge in [0.2, 0.25) is 5.91 Å². The SMILES string of the molecule is Cn1ccc2c(NC(=O)c3cc(NC(=O)C4C(c5cc(Cl)cc(Cl)c5)C4(Cl)Cl)ccc3Cl)cccc21. The van der Waals surface area contributed by atoms with Crippen LogP contribution in [0.25, 0.3) is 10.9 Å². The molecular formula is C26H18Cl5N3O2. The van der Waals surface area contributed by atoms with Crippen LogP contribution >= 0.6 is 58.0 Å². The second-order valence-electron chi connectivity index (χ2n) is 8.64. The van der Waals surface area contributed by atoms with Crippen LogP contribution in [0.15, 0.2) is 66.9 Å². The molecule has 1 aromatic heterocycles. The molecule has 0 bridgehead atoms. The van der Waals surface area contributed by atoms with Crippen molar-refractivity contribution in [2.24, 2.45) is 13.0 Å². The number of halogens is 5. The quantitative estimate of drug-likeness (QED) is 0.235. The number of hydrogen-bond donors (Lipinski definition) is 2. The summed E-state index contributed by atoms with van der Waals surface area (Å²) >= 11 is 31.4. The molecule has 1 saturated carbocycles. The molecule has 5 nitrogen and oxygen atoms in total. The molecule has 10 heteroatoms. The average molecular weight is 582 g/mol. The molecule has 1 aliphatic carbocycles. The van der Waals surface area contributed by atoms with Crippen molar-refractivity contribution in [1.82, 2.24) is 4.57 Å². The van der Waals surface area contributed by atoms with Gasteiger partial charge in [0.15, 0.2) is 0 Å². The van der Waals surface area contributed by atoms with E-state index in [1.54, 1.807) is 30.3 Å². The number of rotatable bonds is 5. The highest BCUT2D eigenvalue weighted by Gasteiger charge is 2.67. The number of aromatic nitrogens is 1. The molecule has 2 N–H and O–H groups in total. The summed E-state index contributed by atoms with van der Waals surface area (Å²) in [6, 6.07) is 17.2. The van der Waals surface area contributed by atoms with Crippen LogP contribution in [-0.4, -0.2) is 20.7 Å². The lowest BCUT2D eigenvalue weighted by Gasteiger charge is -2.11. The van der Waals surface area contributed by atoms with E-state index in [1.807, 2.05) is 42.1 Å². The fraction of sp³-hybridized carbons (Fsp3) is 0.154. The Labute approximate surface area is 232 Å². The van der Waals surface area contributed by atoms with Gasteiger partial charge in [0.1, 0.15) is 4.33 Å². The van der Waals surface area contributed by atoms with E-state index in [0.29, 0.717) is 27.0 Å². The first-order chi connectivity index (χ1) is 17.1. The molecule has 2 amide bonds. The summed E-state index contributed by atoms with van der Waals surface area (Å²) in [5, 5.41) is 7.69. The molecule has 5 rings (SSSR count). The Bertz CT molecular complexity index is 1510. The van der Waals surface area contributed by atoms with E-state index in [0.717, 1.165) is 10.9 Å². The highest BCUT2D eigenvalue weighted by molar-refractivity contribution is 6.53. The van der Waals surface area contributed by atoms with Gasteiger partial charge in [-0.2, -0.15) is 0 Å². The molecule has 0 aliphatic heterocycles. The summed E-state index contributed by atoms with van der Waals surface area (Å²) in [7, 11) is 1.93. The first kappa shape index (κ1) is 25.2. The number of carbonyl (C=O) groups is 2. The Morgan fingerprint density at radius 2 is 1.64 bits per heavy atom. The maximum absolute atomic E-state index is 13.1. The molecule has 0 radical (unpaired) electrons. The Hall–Kier alpha value is -2.41. The normalized spacial score (nSPS) is 18.2. The fourth-order valence-electron chi connectivity index (χ4n) is 4.42. The number of fused-ring (bicyclic) bond motifs is 1. The standard InChI is InChI=1S/C26H18Cl5N3O2/c1-34-8-7-17-20(3-2-4-21(17)34)33-24(35)18-12-16(5-6-19(18)29)32-25(36)23-22(26(23,30)31)13-9-14(27)11-15(28)10-13/h2-12,22-23H,1H3,(H,32,36)(H,33,35). The maximum Gasteiger partial charge on any atom is 0.257 e. The van der Waals surface area contributed by atoms with E-state index in [-0.39, 0.29) is 10.6 Å². The largest absolute Gasteiger partial charge is 0.350 e. The van der Waals surface area contributed by atoms with Crippen LogP contribution in [0, 0.1) is 5.92 Å². The van der Waals surface area contributed by atoms with Crippen molar-refractivity contribution in [3.63, 3.8) is 0 Å². The van der Waals surface area contributed by atoms with E-state index in [2.05, 4.69) is 10.6 Å². The van der Waals surface area contributed by atoms with Gasteiger partial charge in [-0.25, -0.2) is 0 Å². The van der Waals surface area contributed by atoms with Crippen LogP contribution in [0.5, 0.6) is 0 Å². The maximum atomic E-state index is 13.1. The zero-order valence-corrected chi connectivity index (χ0v) is 22.4. The second-order valence-corrected chi connectivity index (χ2v) is 11.4. The number of aryl methyl sites for hydroxylation is 1.